The van der Waals surface area contributed by atoms with Crippen LogP contribution in [0.2, 0.25) is 0 Å². The molecule has 0 spiro atoms. The van der Waals surface area contributed by atoms with Crippen LogP contribution in [0.3, 0.4) is 0 Å². The van der Waals surface area contributed by atoms with E-state index in [2.05, 4.69) is 6.58 Å². The van der Waals surface area contributed by atoms with E-state index >= 15 is 0 Å². The normalized spacial score (nSPS) is 13.3. The summed E-state index contributed by atoms with van der Waals surface area (Å²) in [7, 11) is 0. The van der Waals surface area contributed by atoms with Gasteiger partial charge in [-0.3, -0.25) is 9.59 Å². The Balaban J connectivity index is 4.73. The molecule has 0 aliphatic rings. The largest absolute Gasteiger partial charge is 0.481 e. The van der Waals surface area contributed by atoms with E-state index in [1.54, 1.807) is 0 Å². The van der Waals surface area contributed by atoms with Crippen molar-refractivity contribution < 1.29 is 30.0 Å². The summed E-state index contributed by atoms with van der Waals surface area (Å²) in [5.41, 5.74) is -2.21. The van der Waals surface area contributed by atoms with E-state index in [1.807, 2.05) is 0 Å². The summed E-state index contributed by atoms with van der Waals surface area (Å²) in [5.74, 6) is -2.79. The second-order valence-electron chi connectivity index (χ2n) is 2.93. The van der Waals surface area contributed by atoms with Crippen LogP contribution >= 0.6 is 0 Å². The van der Waals surface area contributed by atoms with Crippen molar-refractivity contribution in [1.29, 1.82) is 0 Å². The molecule has 0 aromatic carbocycles. The smallest absolute Gasteiger partial charge is 0.306 e. The summed E-state index contributed by atoms with van der Waals surface area (Å²) in [6, 6.07) is 0. The van der Waals surface area contributed by atoms with Gasteiger partial charge in [0.2, 0.25) is 0 Å². The lowest BCUT2D eigenvalue weighted by atomic mass is 9.89. The predicted octanol–water partition coefficient (Wildman–Crippen LogP) is -0.786. The molecule has 14 heavy (non-hydrogen) atoms. The van der Waals surface area contributed by atoms with Gasteiger partial charge in [0.25, 0.3) is 0 Å². The van der Waals surface area contributed by atoms with E-state index < -0.39 is 36.5 Å². The lowest BCUT2D eigenvalue weighted by molar-refractivity contribution is -0.155. The molecule has 4 N–H and O–H groups in total. The molecule has 0 saturated heterocycles. The molecule has 0 aromatic rings. The lowest BCUT2D eigenvalue weighted by Gasteiger charge is -2.27. The number of hydrogen-bond donors (Lipinski definition) is 4. The van der Waals surface area contributed by atoms with Gasteiger partial charge in [0.1, 0.15) is 11.7 Å². The maximum atomic E-state index is 10.3. The highest BCUT2D eigenvalue weighted by atomic mass is 16.4. The van der Waals surface area contributed by atoms with Crippen LogP contribution in [0.5, 0.6) is 0 Å². The summed E-state index contributed by atoms with van der Waals surface area (Å²) >= 11 is 0. The minimum Gasteiger partial charge on any atom is -0.481 e. The quantitative estimate of drug-likeness (QED) is 0.421. The number of carbonyl (C=O) groups is 2. The average Bonchev–Trinajstić information content (AvgIpc) is 1.99. The van der Waals surface area contributed by atoms with Crippen LogP contribution in [0.4, 0.5) is 0 Å². The van der Waals surface area contributed by atoms with Gasteiger partial charge in [0.15, 0.2) is 0 Å². The molecular formula is C8H12O6. The van der Waals surface area contributed by atoms with Gasteiger partial charge < -0.3 is 20.4 Å². The summed E-state index contributed by atoms with van der Waals surface area (Å²) in [5, 5.41) is 35.5. The number of aliphatic hydroxyl groups is 2. The molecule has 0 rings (SSSR count). The molecule has 0 amide bonds. The number of carboxylic acids is 2. The zero-order valence-electron chi connectivity index (χ0n) is 7.38. The maximum Gasteiger partial charge on any atom is 0.306 e. The highest BCUT2D eigenvalue weighted by Gasteiger charge is 2.38. The highest BCUT2D eigenvalue weighted by molar-refractivity contribution is 5.73. The SMILES string of the molecule is C=CC(O)C(O)(CC(=O)O)CC(=O)O. The van der Waals surface area contributed by atoms with E-state index in [-0.39, 0.29) is 0 Å². The first-order valence-corrected chi connectivity index (χ1v) is 3.78. The zero-order valence-corrected chi connectivity index (χ0v) is 7.38. The summed E-state index contributed by atoms with van der Waals surface area (Å²) in [6.45, 7) is 3.15. The zero-order chi connectivity index (χ0) is 11.4. The second-order valence-corrected chi connectivity index (χ2v) is 2.93. The first-order valence-electron chi connectivity index (χ1n) is 3.78. The van der Waals surface area contributed by atoms with Gasteiger partial charge in [-0.2, -0.15) is 0 Å². The summed E-state index contributed by atoms with van der Waals surface area (Å²) in [6.07, 6.45) is -2.40. The van der Waals surface area contributed by atoms with Gasteiger partial charge in [0.05, 0.1) is 12.8 Å². The lowest BCUT2D eigenvalue weighted by Crippen LogP contribution is -2.44. The Bertz CT molecular complexity index is 230. The third-order valence-electron chi connectivity index (χ3n) is 1.69. The Morgan fingerprint density at radius 3 is 1.86 bits per heavy atom. The van der Waals surface area contributed by atoms with E-state index in [9.17, 15) is 19.8 Å². The van der Waals surface area contributed by atoms with Gasteiger partial charge in [-0.05, 0) is 0 Å². The Morgan fingerprint density at radius 2 is 1.64 bits per heavy atom. The second kappa shape index (κ2) is 4.73. The van der Waals surface area contributed by atoms with Crippen molar-refractivity contribution >= 4 is 11.9 Å². The van der Waals surface area contributed by atoms with Crippen molar-refractivity contribution in [2.24, 2.45) is 0 Å². The first-order chi connectivity index (χ1) is 6.31. The molecule has 0 bridgehead atoms. The van der Waals surface area contributed by atoms with Crippen molar-refractivity contribution in [2.75, 3.05) is 0 Å². The number of hydrogen-bond acceptors (Lipinski definition) is 4. The number of aliphatic carboxylic acids is 2. The van der Waals surface area contributed by atoms with Crippen LogP contribution in [0, 0.1) is 0 Å². The van der Waals surface area contributed by atoms with Crippen LogP contribution in [-0.4, -0.2) is 44.1 Å². The van der Waals surface area contributed by atoms with Crippen LogP contribution in [0.25, 0.3) is 0 Å². The molecule has 0 fully saturated rings. The van der Waals surface area contributed by atoms with Crippen molar-refractivity contribution in [3.05, 3.63) is 12.7 Å². The number of rotatable bonds is 6. The molecule has 80 valence electrons. The molecule has 0 aliphatic heterocycles. The standard InChI is InChI=1S/C8H12O6/c1-2-5(9)8(14,3-6(10)11)4-7(12)13/h2,5,9,14H,1,3-4H2,(H,10,11)(H,12,13). The molecule has 0 heterocycles. The Hall–Kier alpha value is -1.40. The molecule has 6 heteroatoms. The molecule has 0 saturated carbocycles. The maximum absolute atomic E-state index is 10.3. The average molecular weight is 204 g/mol. The Labute approximate surface area is 80.1 Å². The van der Waals surface area contributed by atoms with Crippen LogP contribution < -0.4 is 0 Å². The Morgan fingerprint density at radius 1 is 1.29 bits per heavy atom. The molecule has 0 radical (unpaired) electrons. The first kappa shape index (κ1) is 12.6. The van der Waals surface area contributed by atoms with Crippen molar-refractivity contribution in [3.8, 4) is 0 Å². The Kier molecular flexibility index (Phi) is 4.26. The molecule has 1 atom stereocenters. The highest BCUT2D eigenvalue weighted by Crippen LogP contribution is 2.21. The molecule has 0 aromatic heterocycles. The fraction of sp³-hybridized carbons (Fsp3) is 0.500. The van der Waals surface area contributed by atoms with Crippen molar-refractivity contribution in [3.63, 3.8) is 0 Å². The van der Waals surface area contributed by atoms with Gasteiger partial charge in [-0.1, -0.05) is 6.08 Å². The minimum absolute atomic E-state index is 0.855. The molecule has 1 unspecified atom stereocenters. The van der Waals surface area contributed by atoms with Gasteiger partial charge in [0, 0.05) is 0 Å². The van der Waals surface area contributed by atoms with E-state index in [0.29, 0.717) is 0 Å². The fourth-order valence-corrected chi connectivity index (χ4v) is 1.01. The molecular weight excluding hydrogens is 192 g/mol. The van der Waals surface area contributed by atoms with Crippen molar-refractivity contribution in [1.82, 2.24) is 0 Å². The van der Waals surface area contributed by atoms with E-state index in [0.717, 1.165) is 6.08 Å². The van der Waals surface area contributed by atoms with E-state index in [4.69, 9.17) is 10.2 Å². The monoisotopic (exact) mass is 204 g/mol. The fourth-order valence-electron chi connectivity index (χ4n) is 1.01. The van der Waals surface area contributed by atoms with Crippen LogP contribution in [-0.2, 0) is 9.59 Å². The number of carboxylic acid groups (broad SMARTS) is 2. The van der Waals surface area contributed by atoms with E-state index in [1.165, 1.54) is 0 Å². The van der Waals surface area contributed by atoms with Crippen molar-refractivity contribution in [2.45, 2.75) is 24.5 Å². The minimum atomic E-state index is -2.21. The van der Waals surface area contributed by atoms with Gasteiger partial charge >= 0.3 is 11.9 Å². The predicted molar refractivity (Wildman–Crippen MR) is 45.7 cm³/mol. The molecule has 6 nitrogen and oxygen atoms in total. The number of aliphatic hydroxyl groups excluding tert-OH is 1. The molecule has 0 aliphatic carbocycles. The third-order valence-corrected chi connectivity index (χ3v) is 1.69. The third kappa shape index (κ3) is 3.55. The van der Waals surface area contributed by atoms with Gasteiger partial charge in [-0.15, -0.1) is 6.58 Å². The summed E-state index contributed by atoms with van der Waals surface area (Å²) in [4.78, 5) is 20.6. The van der Waals surface area contributed by atoms with Gasteiger partial charge in [-0.25, -0.2) is 0 Å². The topological polar surface area (TPSA) is 115 Å². The van der Waals surface area contributed by atoms with Crippen LogP contribution in [0.1, 0.15) is 12.8 Å². The van der Waals surface area contributed by atoms with Crippen LogP contribution in [0.15, 0.2) is 12.7 Å². The summed E-state index contributed by atoms with van der Waals surface area (Å²) < 4.78 is 0.